The number of nitrogens with one attached hydrogen (secondary N) is 1. The highest BCUT2D eigenvalue weighted by molar-refractivity contribution is 7.08. The Morgan fingerprint density at radius 3 is 2.90 bits per heavy atom. The van der Waals surface area contributed by atoms with E-state index in [4.69, 9.17) is 4.74 Å². The van der Waals surface area contributed by atoms with Crippen LogP contribution >= 0.6 is 11.5 Å². The number of anilines is 1. The second kappa shape index (κ2) is 5.13. The van der Waals surface area contributed by atoms with Gasteiger partial charge in [0.25, 0.3) is 5.91 Å². The van der Waals surface area contributed by atoms with E-state index in [1.54, 1.807) is 18.7 Å². The third kappa shape index (κ3) is 2.23. The molecule has 0 saturated heterocycles. The summed E-state index contributed by atoms with van der Waals surface area (Å²) in [5, 5.41) is 11.8. The fraction of sp³-hybridized carbons (Fsp3) is 0.231. The van der Waals surface area contributed by atoms with E-state index in [1.165, 1.54) is 0 Å². The molecule has 0 aliphatic rings. The number of carbonyl (C=O) groups excluding carboxylic acids is 1. The quantitative estimate of drug-likeness (QED) is 0.800. The van der Waals surface area contributed by atoms with Gasteiger partial charge < -0.3 is 10.1 Å². The van der Waals surface area contributed by atoms with Crippen molar-refractivity contribution >= 4 is 34.2 Å². The van der Waals surface area contributed by atoms with Gasteiger partial charge in [-0.25, -0.2) is 0 Å². The average molecular weight is 303 g/mol. The van der Waals surface area contributed by atoms with Gasteiger partial charge >= 0.3 is 0 Å². The summed E-state index contributed by atoms with van der Waals surface area (Å²) in [6.07, 6.45) is 0. The largest absolute Gasteiger partial charge is 0.496 e. The SMILES string of the molecule is COc1cccc2c1c(NC(=O)c1snnc1C)nn2C. The Morgan fingerprint density at radius 2 is 2.24 bits per heavy atom. The summed E-state index contributed by atoms with van der Waals surface area (Å²) < 4.78 is 10.8. The number of ether oxygens (including phenoxy) is 1. The van der Waals surface area contributed by atoms with E-state index in [0.717, 1.165) is 22.4 Å². The maximum Gasteiger partial charge on any atom is 0.270 e. The second-order valence-electron chi connectivity index (χ2n) is 4.47. The first-order valence-electron chi connectivity index (χ1n) is 6.22. The molecular formula is C13H13N5O2S. The van der Waals surface area contributed by atoms with E-state index in [2.05, 4.69) is 20.0 Å². The highest BCUT2D eigenvalue weighted by atomic mass is 32.1. The number of hydrogen-bond donors (Lipinski definition) is 1. The number of benzene rings is 1. The molecule has 21 heavy (non-hydrogen) atoms. The zero-order chi connectivity index (χ0) is 15.0. The molecule has 0 aliphatic carbocycles. The highest BCUT2D eigenvalue weighted by Gasteiger charge is 2.19. The van der Waals surface area contributed by atoms with E-state index in [-0.39, 0.29) is 5.91 Å². The topological polar surface area (TPSA) is 81.9 Å². The van der Waals surface area contributed by atoms with Crippen molar-refractivity contribution in [3.63, 3.8) is 0 Å². The normalized spacial score (nSPS) is 10.8. The summed E-state index contributed by atoms with van der Waals surface area (Å²) >= 11 is 1.06. The Hall–Kier alpha value is -2.48. The molecule has 0 radical (unpaired) electrons. The summed E-state index contributed by atoms with van der Waals surface area (Å²) in [6, 6.07) is 5.63. The number of aromatic nitrogens is 4. The molecular weight excluding hydrogens is 290 g/mol. The summed E-state index contributed by atoms with van der Waals surface area (Å²) in [6.45, 7) is 1.75. The van der Waals surface area contributed by atoms with Crippen LogP contribution in [0.15, 0.2) is 18.2 Å². The number of carbonyl (C=O) groups is 1. The molecule has 2 heterocycles. The fourth-order valence-corrected chi connectivity index (χ4v) is 2.69. The Bertz CT molecular complexity index is 823. The number of hydrogen-bond acceptors (Lipinski definition) is 6. The van der Waals surface area contributed by atoms with Gasteiger partial charge in [0.05, 0.1) is 23.7 Å². The molecule has 8 heteroatoms. The lowest BCUT2D eigenvalue weighted by molar-refractivity contribution is 0.102. The molecule has 0 aliphatic heterocycles. The molecule has 7 nitrogen and oxygen atoms in total. The van der Waals surface area contributed by atoms with Crippen LogP contribution in [0.3, 0.4) is 0 Å². The van der Waals surface area contributed by atoms with Crippen molar-refractivity contribution in [1.82, 2.24) is 19.4 Å². The number of nitrogens with zero attached hydrogens (tertiary/aromatic N) is 4. The number of rotatable bonds is 3. The van der Waals surface area contributed by atoms with E-state index >= 15 is 0 Å². The van der Waals surface area contributed by atoms with Gasteiger partial charge in [0, 0.05) is 7.05 Å². The molecule has 0 unspecified atom stereocenters. The fourth-order valence-electron chi connectivity index (χ4n) is 2.14. The highest BCUT2D eigenvalue weighted by Crippen LogP contribution is 2.31. The van der Waals surface area contributed by atoms with Gasteiger partial charge in [0.1, 0.15) is 10.6 Å². The minimum absolute atomic E-state index is 0.270. The van der Waals surface area contributed by atoms with E-state index in [9.17, 15) is 4.79 Å². The molecule has 0 fully saturated rings. The van der Waals surface area contributed by atoms with Crippen molar-refractivity contribution in [3.05, 3.63) is 28.8 Å². The lowest BCUT2D eigenvalue weighted by Gasteiger charge is -2.04. The molecule has 0 bridgehead atoms. The van der Waals surface area contributed by atoms with Crippen molar-refractivity contribution < 1.29 is 9.53 Å². The zero-order valence-corrected chi connectivity index (χ0v) is 12.6. The number of methoxy groups -OCH3 is 1. The van der Waals surface area contributed by atoms with Crippen LogP contribution < -0.4 is 10.1 Å². The minimum Gasteiger partial charge on any atom is -0.496 e. The van der Waals surface area contributed by atoms with Gasteiger partial charge in [0.15, 0.2) is 5.82 Å². The summed E-state index contributed by atoms with van der Waals surface area (Å²) in [4.78, 5) is 12.8. The Morgan fingerprint density at radius 1 is 1.43 bits per heavy atom. The first-order valence-corrected chi connectivity index (χ1v) is 6.99. The Labute approximate surface area is 124 Å². The third-order valence-electron chi connectivity index (χ3n) is 3.15. The van der Waals surface area contributed by atoms with Crippen molar-refractivity contribution in [2.24, 2.45) is 7.05 Å². The Balaban J connectivity index is 2.05. The first kappa shape index (κ1) is 13.5. The molecule has 1 N–H and O–H groups in total. The first-order chi connectivity index (χ1) is 10.1. The number of fused-ring (bicyclic) bond motifs is 1. The van der Waals surface area contributed by atoms with Gasteiger partial charge in [-0.2, -0.15) is 5.10 Å². The molecule has 2 aromatic heterocycles. The van der Waals surface area contributed by atoms with E-state index < -0.39 is 0 Å². The van der Waals surface area contributed by atoms with Gasteiger partial charge in [-0.1, -0.05) is 10.6 Å². The average Bonchev–Trinajstić information content (AvgIpc) is 3.03. The van der Waals surface area contributed by atoms with Gasteiger partial charge in [-0.05, 0) is 30.6 Å². The molecule has 0 saturated carbocycles. The van der Waals surface area contributed by atoms with Crippen LogP contribution in [0.5, 0.6) is 5.75 Å². The van der Waals surface area contributed by atoms with Crippen LogP contribution in [0.2, 0.25) is 0 Å². The van der Waals surface area contributed by atoms with Crippen molar-refractivity contribution in [3.8, 4) is 5.75 Å². The summed E-state index contributed by atoms with van der Waals surface area (Å²) in [7, 11) is 3.40. The predicted molar refractivity (Wildman–Crippen MR) is 79.9 cm³/mol. The van der Waals surface area contributed by atoms with Crippen LogP contribution in [-0.4, -0.2) is 32.4 Å². The van der Waals surface area contributed by atoms with Crippen molar-refractivity contribution in [2.45, 2.75) is 6.92 Å². The third-order valence-corrected chi connectivity index (χ3v) is 3.98. The van der Waals surface area contributed by atoms with Crippen LogP contribution in [-0.2, 0) is 7.05 Å². The predicted octanol–water partition coefficient (Wildman–Crippen LogP) is 1.99. The van der Waals surface area contributed by atoms with Crippen molar-refractivity contribution in [1.29, 1.82) is 0 Å². The van der Waals surface area contributed by atoms with Gasteiger partial charge in [0.2, 0.25) is 0 Å². The van der Waals surface area contributed by atoms with E-state index in [1.807, 2.05) is 25.2 Å². The molecule has 3 aromatic rings. The second-order valence-corrected chi connectivity index (χ2v) is 5.22. The van der Waals surface area contributed by atoms with Crippen LogP contribution in [0, 0.1) is 6.92 Å². The molecule has 0 spiro atoms. The molecule has 3 rings (SSSR count). The zero-order valence-electron chi connectivity index (χ0n) is 11.7. The molecule has 1 aromatic carbocycles. The van der Waals surface area contributed by atoms with Crippen LogP contribution in [0.1, 0.15) is 15.4 Å². The Kier molecular flexibility index (Phi) is 3.30. The van der Waals surface area contributed by atoms with Crippen LogP contribution in [0.4, 0.5) is 5.82 Å². The summed E-state index contributed by atoms with van der Waals surface area (Å²) in [5.74, 6) is 0.853. The lowest BCUT2D eigenvalue weighted by atomic mass is 10.2. The maximum absolute atomic E-state index is 12.3. The number of aryl methyl sites for hydroxylation is 2. The van der Waals surface area contributed by atoms with E-state index in [0.29, 0.717) is 22.1 Å². The smallest absolute Gasteiger partial charge is 0.270 e. The minimum atomic E-state index is -0.270. The van der Waals surface area contributed by atoms with Gasteiger partial charge in [-0.15, -0.1) is 5.10 Å². The molecule has 108 valence electrons. The van der Waals surface area contributed by atoms with Gasteiger partial charge in [-0.3, -0.25) is 9.48 Å². The number of amides is 1. The molecule has 0 atom stereocenters. The standard InChI is InChI=1S/C13H13N5O2S/c1-7-11(21-17-15-7)13(19)14-12-10-8(18(2)16-12)5-4-6-9(10)20-3/h4-6H,1-3H3,(H,14,16,19). The van der Waals surface area contributed by atoms with Crippen LogP contribution in [0.25, 0.3) is 10.9 Å². The lowest BCUT2D eigenvalue weighted by Crippen LogP contribution is -2.12. The summed E-state index contributed by atoms with van der Waals surface area (Å²) in [5.41, 5.74) is 1.48. The molecule has 1 amide bonds. The maximum atomic E-state index is 12.3. The monoisotopic (exact) mass is 303 g/mol. The van der Waals surface area contributed by atoms with Crippen molar-refractivity contribution in [2.75, 3.05) is 12.4 Å².